The van der Waals surface area contributed by atoms with Gasteiger partial charge in [0.15, 0.2) is 16.4 Å². The zero-order valence-electron chi connectivity index (χ0n) is 29.5. The molecule has 1 aliphatic carbocycles. The normalized spacial score (nSPS) is 11.6. The molecule has 2 aromatic heterocycles. The third-order valence-electron chi connectivity index (χ3n) is 9.70. The molecule has 0 atom stereocenters. The van der Waals surface area contributed by atoms with E-state index >= 15 is 0 Å². The maximum absolute atomic E-state index is 13.2. The second-order valence-electron chi connectivity index (χ2n) is 12.6. The molecule has 54 heavy (non-hydrogen) atoms. The Bertz CT molecular complexity index is 2430. The first-order valence-electron chi connectivity index (χ1n) is 17.6. The number of hydrogen-bond acceptors (Lipinski definition) is 7. The van der Waals surface area contributed by atoms with Crippen LogP contribution in [0.15, 0.2) is 143 Å². The minimum atomic E-state index is -0.938. The van der Waals surface area contributed by atoms with Crippen molar-refractivity contribution < 1.29 is 13.9 Å². The largest absolute Gasteiger partial charge is 0.472 e. The molecule has 1 aliphatic heterocycles. The number of tetrazole rings is 1. The van der Waals surface area contributed by atoms with Crippen molar-refractivity contribution in [3.63, 3.8) is 0 Å². The van der Waals surface area contributed by atoms with Crippen LogP contribution in [0.3, 0.4) is 0 Å². The van der Waals surface area contributed by atoms with Gasteiger partial charge in [-0.1, -0.05) is 134 Å². The quantitative estimate of drug-likeness (QED) is 0.0949. The second kappa shape index (κ2) is 14.9. The Morgan fingerprint density at radius 2 is 1.39 bits per heavy atom. The molecule has 2 aliphatic rings. The fourth-order valence-electron chi connectivity index (χ4n) is 7.35. The molecule has 268 valence electrons. The first kappa shape index (κ1) is 35.2. The number of esters is 1. The zero-order chi connectivity index (χ0) is 37.2. The number of carbonyl (C=O) groups excluding carboxylic acids is 1. The van der Waals surface area contributed by atoms with E-state index in [1.54, 1.807) is 24.2 Å². The van der Waals surface area contributed by atoms with E-state index in [9.17, 15) is 4.79 Å². The average Bonchev–Trinajstić information content (AvgIpc) is 3.91. The average molecular weight is 798 g/mol. The van der Waals surface area contributed by atoms with E-state index in [4.69, 9.17) is 36.2 Å². The standard InChI is InChI=1S/C43H34BrClN6O3/c1-3-36-46-40(45)39(42(52)54-4-2)50(36)26-34-31-24-25-53-27-35(31)38(44)37(34)32-22-14-15-23-33(32)41-47-49-51(48-41)43(28-16-8-5-9-17-28,29-18-10-6-11-19-29)30-20-12-7-13-21-30/h5-25,27H,3-4,26H2,1-2H3. The molecule has 0 saturated carbocycles. The van der Waals surface area contributed by atoms with E-state index in [1.807, 2.05) is 96.4 Å². The molecule has 0 bridgehead atoms. The molecule has 0 saturated heterocycles. The van der Waals surface area contributed by atoms with Gasteiger partial charge in [0.25, 0.3) is 0 Å². The number of fused-ring (bicyclic) bond motifs is 1. The highest BCUT2D eigenvalue weighted by Gasteiger charge is 2.41. The SMILES string of the molecule is CCOC(=O)c1c(Cl)nc(CC)n1Cc1c2ccocc-2c(Br)c1-c1ccccc1-c1nnn(C(c2ccccc2)(c2ccccc2)c2ccccc2)n1. The minimum Gasteiger partial charge on any atom is -0.472 e. The van der Waals surface area contributed by atoms with Gasteiger partial charge in [0, 0.05) is 27.6 Å². The Morgan fingerprint density at radius 1 is 0.796 bits per heavy atom. The summed E-state index contributed by atoms with van der Waals surface area (Å²) < 4.78 is 13.8. The molecular formula is C43H34BrClN6O3. The summed E-state index contributed by atoms with van der Waals surface area (Å²) in [5.41, 5.74) is 7.48. The van der Waals surface area contributed by atoms with Crippen molar-refractivity contribution in [1.29, 1.82) is 0 Å². The maximum atomic E-state index is 13.2. The third-order valence-corrected chi connectivity index (χ3v) is 10.8. The Morgan fingerprint density at radius 3 is 1.98 bits per heavy atom. The molecule has 9 nitrogen and oxygen atoms in total. The monoisotopic (exact) mass is 796 g/mol. The van der Waals surface area contributed by atoms with Crippen molar-refractivity contribution in [3.8, 4) is 33.6 Å². The minimum absolute atomic E-state index is 0.108. The molecule has 6 aromatic rings. The molecule has 4 aromatic carbocycles. The molecule has 0 radical (unpaired) electrons. The summed E-state index contributed by atoms with van der Waals surface area (Å²) in [4.78, 5) is 19.5. The zero-order valence-corrected chi connectivity index (χ0v) is 31.8. The Kier molecular flexibility index (Phi) is 9.70. The predicted molar refractivity (Wildman–Crippen MR) is 212 cm³/mol. The van der Waals surface area contributed by atoms with Crippen LogP contribution in [0.25, 0.3) is 33.6 Å². The molecule has 0 N–H and O–H groups in total. The van der Waals surface area contributed by atoms with Gasteiger partial charge in [-0.3, -0.25) is 0 Å². The van der Waals surface area contributed by atoms with Crippen LogP contribution in [-0.2, 0) is 23.2 Å². The van der Waals surface area contributed by atoms with Crippen molar-refractivity contribution in [3.05, 3.63) is 177 Å². The summed E-state index contributed by atoms with van der Waals surface area (Å²) in [5.74, 6) is 0.580. The maximum Gasteiger partial charge on any atom is 0.358 e. The highest BCUT2D eigenvalue weighted by atomic mass is 79.9. The summed E-state index contributed by atoms with van der Waals surface area (Å²) in [6.07, 6.45) is 3.91. The van der Waals surface area contributed by atoms with Gasteiger partial charge >= 0.3 is 5.97 Å². The van der Waals surface area contributed by atoms with Gasteiger partial charge in [-0.2, -0.15) is 0 Å². The van der Waals surface area contributed by atoms with Crippen LogP contribution in [0, 0.1) is 0 Å². The first-order chi connectivity index (χ1) is 26.5. The van der Waals surface area contributed by atoms with E-state index in [0.29, 0.717) is 18.1 Å². The van der Waals surface area contributed by atoms with Crippen LogP contribution in [0.4, 0.5) is 0 Å². The number of imidazole rings is 1. The van der Waals surface area contributed by atoms with Crippen LogP contribution in [0.5, 0.6) is 0 Å². The van der Waals surface area contributed by atoms with E-state index in [1.165, 1.54) is 0 Å². The molecule has 0 unspecified atom stereocenters. The Hall–Kier alpha value is -5.84. The van der Waals surface area contributed by atoms with E-state index in [-0.39, 0.29) is 24.0 Å². The van der Waals surface area contributed by atoms with Gasteiger partial charge < -0.3 is 13.7 Å². The van der Waals surface area contributed by atoms with Crippen molar-refractivity contribution >= 4 is 33.5 Å². The molecule has 11 heteroatoms. The van der Waals surface area contributed by atoms with Crippen molar-refractivity contribution in [2.24, 2.45) is 0 Å². The number of hydrogen-bond donors (Lipinski definition) is 0. The van der Waals surface area contributed by atoms with Gasteiger partial charge in [0.1, 0.15) is 5.82 Å². The fourth-order valence-corrected chi connectivity index (χ4v) is 8.39. The molecule has 8 rings (SSSR count). The van der Waals surface area contributed by atoms with Crippen LogP contribution in [-0.4, -0.2) is 42.3 Å². The topological polar surface area (TPSA) is 101 Å². The number of carbonyl (C=O) groups is 1. The fraction of sp³-hybridized carbons (Fsp3) is 0.140. The van der Waals surface area contributed by atoms with Crippen molar-refractivity contribution in [2.45, 2.75) is 32.4 Å². The lowest BCUT2D eigenvalue weighted by atomic mass is 9.77. The van der Waals surface area contributed by atoms with Gasteiger partial charge in [0.2, 0.25) is 5.82 Å². The van der Waals surface area contributed by atoms with Gasteiger partial charge in [-0.15, -0.1) is 15.0 Å². The van der Waals surface area contributed by atoms with Gasteiger partial charge in [-0.05, 0) is 67.5 Å². The first-order valence-corrected chi connectivity index (χ1v) is 18.8. The molecule has 0 amide bonds. The lowest BCUT2D eigenvalue weighted by Crippen LogP contribution is -2.39. The lowest BCUT2D eigenvalue weighted by Gasteiger charge is -2.34. The number of benzene rings is 4. The van der Waals surface area contributed by atoms with E-state index in [0.717, 1.165) is 54.5 Å². The summed E-state index contributed by atoms with van der Waals surface area (Å²) in [5, 5.41) is 14.9. The summed E-state index contributed by atoms with van der Waals surface area (Å²) in [7, 11) is 0. The molecular weight excluding hydrogens is 764 g/mol. The number of ether oxygens (including phenoxy) is 1. The number of aryl methyl sites for hydroxylation is 1. The third kappa shape index (κ3) is 5.91. The molecule has 3 heterocycles. The lowest BCUT2D eigenvalue weighted by molar-refractivity contribution is 0.0514. The van der Waals surface area contributed by atoms with Crippen LogP contribution >= 0.6 is 27.5 Å². The Labute approximate surface area is 325 Å². The molecule has 0 fully saturated rings. The summed E-state index contributed by atoms with van der Waals surface area (Å²) in [6, 6.07) is 40.7. The summed E-state index contributed by atoms with van der Waals surface area (Å²) >= 11 is 10.5. The second-order valence-corrected chi connectivity index (χ2v) is 13.8. The Balaban J connectivity index is 1.34. The number of halogens is 2. The smallest absolute Gasteiger partial charge is 0.358 e. The molecule has 0 spiro atoms. The number of rotatable bonds is 11. The van der Waals surface area contributed by atoms with Crippen molar-refractivity contribution in [1.82, 2.24) is 29.8 Å². The highest BCUT2D eigenvalue weighted by Crippen LogP contribution is 2.49. The predicted octanol–water partition coefficient (Wildman–Crippen LogP) is 9.94. The number of aromatic nitrogens is 6. The van der Waals surface area contributed by atoms with Crippen LogP contribution in [0.2, 0.25) is 5.15 Å². The van der Waals surface area contributed by atoms with E-state index < -0.39 is 11.5 Å². The van der Waals surface area contributed by atoms with Gasteiger partial charge in [-0.25, -0.2) is 9.78 Å². The number of nitrogens with zero attached hydrogens (tertiary/aromatic N) is 6. The highest BCUT2D eigenvalue weighted by molar-refractivity contribution is 9.10. The van der Waals surface area contributed by atoms with E-state index in [2.05, 4.69) is 57.3 Å². The van der Waals surface area contributed by atoms with Gasteiger partial charge in [0.05, 0.1) is 25.7 Å². The summed E-state index contributed by atoms with van der Waals surface area (Å²) in [6.45, 7) is 4.24. The van der Waals surface area contributed by atoms with Crippen LogP contribution < -0.4 is 0 Å². The van der Waals surface area contributed by atoms with Crippen LogP contribution in [0.1, 0.15) is 52.4 Å². The van der Waals surface area contributed by atoms with Crippen molar-refractivity contribution in [2.75, 3.05) is 6.61 Å².